The third kappa shape index (κ3) is 4.09. The quantitative estimate of drug-likeness (QED) is 0.582. The van der Waals surface area contributed by atoms with Crippen LogP contribution in [0, 0.1) is 3.57 Å². The average molecular weight is 417 g/mol. The first-order chi connectivity index (χ1) is 8.77. The van der Waals surface area contributed by atoms with Crippen LogP contribution in [0.4, 0.5) is 0 Å². The van der Waals surface area contributed by atoms with Gasteiger partial charge >= 0.3 is 129 Å². The molecule has 1 atom stereocenters. The standard InChI is InChI=1S/C15H15IOSe/c16-14-9-5-4-8-13(14)15(17)11-18-10-12-6-2-1-3-7-12/h1-9,15,17H,10-11H2. The molecule has 2 aromatic carbocycles. The van der Waals surface area contributed by atoms with Gasteiger partial charge in [0.15, 0.2) is 0 Å². The van der Waals surface area contributed by atoms with Crippen molar-refractivity contribution in [1.29, 1.82) is 0 Å². The normalized spacial score (nSPS) is 12.3. The van der Waals surface area contributed by atoms with Crippen LogP contribution in [0.1, 0.15) is 17.2 Å². The Morgan fingerprint density at radius 2 is 1.67 bits per heavy atom. The molecule has 0 aliphatic rings. The molecule has 0 saturated heterocycles. The van der Waals surface area contributed by atoms with Gasteiger partial charge in [-0.05, 0) is 0 Å². The van der Waals surface area contributed by atoms with E-state index in [0.29, 0.717) is 15.0 Å². The van der Waals surface area contributed by atoms with E-state index in [9.17, 15) is 5.11 Å². The zero-order chi connectivity index (χ0) is 12.8. The van der Waals surface area contributed by atoms with Gasteiger partial charge in [0, 0.05) is 0 Å². The third-order valence-corrected chi connectivity index (χ3v) is 5.92. The summed E-state index contributed by atoms with van der Waals surface area (Å²) in [7, 11) is 0. The van der Waals surface area contributed by atoms with E-state index in [2.05, 4.69) is 46.9 Å². The molecule has 18 heavy (non-hydrogen) atoms. The number of aliphatic hydroxyl groups excluding tert-OH is 1. The molecule has 94 valence electrons. The van der Waals surface area contributed by atoms with Crippen LogP contribution in [-0.4, -0.2) is 20.1 Å². The summed E-state index contributed by atoms with van der Waals surface area (Å²) in [4.78, 5) is 0. The maximum atomic E-state index is 10.2. The van der Waals surface area contributed by atoms with Gasteiger partial charge in [-0.2, -0.15) is 0 Å². The zero-order valence-corrected chi connectivity index (χ0v) is 13.8. The Bertz CT molecular complexity index is 487. The summed E-state index contributed by atoms with van der Waals surface area (Å²) in [5, 5.41) is 12.2. The van der Waals surface area contributed by atoms with Gasteiger partial charge in [0.1, 0.15) is 0 Å². The predicted octanol–water partition coefficient (Wildman–Crippen LogP) is 3.65. The van der Waals surface area contributed by atoms with Crippen LogP contribution in [0.5, 0.6) is 0 Å². The van der Waals surface area contributed by atoms with Crippen LogP contribution in [0.2, 0.25) is 5.32 Å². The minimum absolute atomic E-state index is 0.318. The molecule has 1 N–H and O–H groups in total. The van der Waals surface area contributed by atoms with E-state index in [1.165, 1.54) is 5.56 Å². The number of hydrogen-bond acceptors (Lipinski definition) is 1. The summed E-state index contributed by atoms with van der Waals surface area (Å²) in [6.07, 6.45) is -0.318. The topological polar surface area (TPSA) is 20.2 Å². The molecule has 2 aromatic rings. The van der Waals surface area contributed by atoms with E-state index < -0.39 is 0 Å². The van der Waals surface area contributed by atoms with Crippen molar-refractivity contribution in [2.75, 3.05) is 0 Å². The summed E-state index contributed by atoms with van der Waals surface area (Å²) in [5.74, 6) is 0. The maximum absolute atomic E-state index is 10.2. The molecule has 0 aromatic heterocycles. The summed E-state index contributed by atoms with van der Waals surface area (Å²) in [6, 6.07) is 18.6. The van der Waals surface area contributed by atoms with Crippen LogP contribution in [0.25, 0.3) is 0 Å². The van der Waals surface area contributed by atoms with E-state index in [4.69, 9.17) is 0 Å². The van der Waals surface area contributed by atoms with Crippen molar-refractivity contribution in [3.8, 4) is 0 Å². The van der Waals surface area contributed by atoms with Crippen LogP contribution < -0.4 is 0 Å². The molecule has 0 fully saturated rings. The van der Waals surface area contributed by atoms with Gasteiger partial charge in [0.05, 0.1) is 0 Å². The summed E-state index contributed by atoms with van der Waals surface area (Å²) in [5.41, 5.74) is 2.43. The summed E-state index contributed by atoms with van der Waals surface area (Å²) >= 11 is 2.73. The van der Waals surface area contributed by atoms with E-state index in [1.54, 1.807) is 0 Å². The molecular formula is C15H15IOSe. The van der Waals surface area contributed by atoms with Gasteiger partial charge in [0.2, 0.25) is 0 Å². The van der Waals surface area contributed by atoms with E-state index in [0.717, 1.165) is 19.8 Å². The molecule has 3 heteroatoms. The molecule has 1 unspecified atom stereocenters. The van der Waals surface area contributed by atoms with Crippen molar-refractivity contribution in [3.63, 3.8) is 0 Å². The zero-order valence-electron chi connectivity index (χ0n) is 9.92. The second-order valence-corrected chi connectivity index (χ2v) is 7.36. The van der Waals surface area contributed by atoms with Crippen molar-refractivity contribution >= 4 is 37.5 Å². The summed E-state index contributed by atoms with van der Waals surface area (Å²) in [6.45, 7) is 0. The third-order valence-electron chi connectivity index (χ3n) is 2.65. The second kappa shape index (κ2) is 7.29. The Morgan fingerprint density at radius 3 is 2.39 bits per heavy atom. The van der Waals surface area contributed by atoms with Gasteiger partial charge in [0.25, 0.3) is 0 Å². The Labute approximate surface area is 128 Å². The Hall–Kier alpha value is -0.351. The molecule has 0 aliphatic heterocycles. The Morgan fingerprint density at radius 1 is 1.00 bits per heavy atom. The molecule has 0 heterocycles. The van der Waals surface area contributed by atoms with Gasteiger partial charge < -0.3 is 0 Å². The minimum atomic E-state index is -0.318. The molecule has 0 spiro atoms. The van der Waals surface area contributed by atoms with Crippen molar-refractivity contribution in [2.24, 2.45) is 0 Å². The van der Waals surface area contributed by atoms with Crippen molar-refractivity contribution in [3.05, 3.63) is 69.3 Å². The predicted molar refractivity (Wildman–Crippen MR) is 84.8 cm³/mol. The first-order valence-electron chi connectivity index (χ1n) is 5.81. The first-order valence-corrected chi connectivity index (χ1v) is 9.31. The van der Waals surface area contributed by atoms with E-state index in [-0.39, 0.29) is 6.10 Å². The van der Waals surface area contributed by atoms with Crippen molar-refractivity contribution in [1.82, 2.24) is 0 Å². The number of aliphatic hydroxyl groups is 1. The number of halogens is 1. The van der Waals surface area contributed by atoms with Crippen molar-refractivity contribution in [2.45, 2.75) is 16.7 Å². The first kappa shape index (κ1) is 14.1. The molecule has 0 amide bonds. The van der Waals surface area contributed by atoms with Gasteiger partial charge in [-0.15, -0.1) is 0 Å². The van der Waals surface area contributed by atoms with Crippen LogP contribution >= 0.6 is 22.6 Å². The number of benzene rings is 2. The fourth-order valence-electron chi connectivity index (χ4n) is 1.70. The molecule has 0 aliphatic carbocycles. The number of hydrogen-bond donors (Lipinski definition) is 1. The van der Waals surface area contributed by atoms with Gasteiger partial charge in [-0.25, -0.2) is 0 Å². The van der Waals surface area contributed by atoms with Gasteiger partial charge in [-0.3, -0.25) is 0 Å². The molecule has 0 saturated carbocycles. The Balaban J connectivity index is 1.86. The van der Waals surface area contributed by atoms with Crippen molar-refractivity contribution < 1.29 is 5.11 Å². The monoisotopic (exact) mass is 418 g/mol. The fraction of sp³-hybridized carbons (Fsp3) is 0.200. The van der Waals surface area contributed by atoms with E-state index in [1.807, 2.05) is 30.3 Å². The van der Waals surface area contributed by atoms with E-state index >= 15 is 0 Å². The van der Waals surface area contributed by atoms with Crippen LogP contribution in [-0.2, 0) is 5.32 Å². The van der Waals surface area contributed by atoms with Crippen LogP contribution in [0.15, 0.2) is 54.6 Å². The molecular weight excluding hydrogens is 402 g/mol. The fourth-order valence-corrected chi connectivity index (χ4v) is 4.44. The average Bonchev–Trinajstić information content (AvgIpc) is 2.40. The SMILES string of the molecule is OC(C[Se]Cc1ccccc1)c1ccccc1I. The summed E-state index contributed by atoms with van der Waals surface area (Å²) < 4.78 is 1.15. The second-order valence-electron chi connectivity index (χ2n) is 4.04. The molecule has 2 rings (SSSR count). The van der Waals surface area contributed by atoms with Gasteiger partial charge in [-0.1, -0.05) is 0 Å². The Kier molecular flexibility index (Phi) is 5.70. The number of rotatable bonds is 5. The van der Waals surface area contributed by atoms with Crippen LogP contribution in [0.3, 0.4) is 0 Å². The molecule has 1 nitrogen and oxygen atoms in total. The molecule has 0 bridgehead atoms. The molecule has 0 radical (unpaired) electrons.